The van der Waals surface area contributed by atoms with Gasteiger partial charge in [-0.1, -0.05) is 11.6 Å². The zero-order valence-electron chi connectivity index (χ0n) is 8.44. The smallest absolute Gasteiger partial charge is 0.239 e. The summed E-state index contributed by atoms with van der Waals surface area (Å²) < 4.78 is 22.5. The van der Waals surface area contributed by atoms with E-state index in [1.807, 2.05) is 6.07 Å². The summed E-state index contributed by atoms with van der Waals surface area (Å²) in [5, 5.41) is 13.7. The molecule has 0 spiro atoms. The van der Waals surface area contributed by atoms with Crippen LogP contribution in [0.4, 0.5) is 0 Å². The van der Waals surface area contributed by atoms with Crippen LogP contribution in [-0.4, -0.2) is 8.42 Å². The number of hydrogen-bond acceptors (Lipinski definition) is 4. The van der Waals surface area contributed by atoms with E-state index in [-0.39, 0.29) is 15.5 Å². The summed E-state index contributed by atoms with van der Waals surface area (Å²) in [5.74, 6) is 0. The first-order valence-corrected chi connectivity index (χ1v) is 6.21. The molecule has 0 bridgehead atoms. The Bertz CT molecular complexity index is 561. The van der Waals surface area contributed by atoms with E-state index in [4.69, 9.17) is 27.7 Å². The van der Waals surface area contributed by atoms with Crippen LogP contribution in [0.3, 0.4) is 0 Å². The summed E-state index contributed by atoms with van der Waals surface area (Å²) in [4.78, 5) is -0.277. The third kappa shape index (κ3) is 2.51. The van der Waals surface area contributed by atoms with Gasteiger partial charge in [-0.2, -0.15) is 5.26 Å². The molecule has 1 unspecified atom stereocenters. The van der Waals surface area contributed by atoms with Gasteiger partial charge in [-0.15, -0.1) is 0 Å². The summed E-state index contributed by atoms with van der Waals surface area (Å²) in [6.07, 6.45) is 0. The number of rotatable bonds is 2. The first-order valence-electron chi connectivity index (χ1n) is 4.29. The van der Waals surface area contributed by atoms with Crippen LogP contribution in [0.25, 0.3) is 0 Å². The normalized spacial score (nSPS) is 13.2. The van der Waals surface area contributed by atoms with Gasteiger partial charge in [-0.3, -0.25) is 0 Å². The summed E-state index contributed by atoms with van der Waals surface area (Å²) in [5.41, 5.74) is 6.15. The highest BCUT2D eigenvalue weighted by Crippen LogP contribution is 2.29. The number of hydrogen-bond donors (Lipinski definition) is 2. The second kappa shape index (κ2) is 4.39. The maximum absolute atomic E-state index is 11.2. The SMILES string of the molecule is CC(N)c1cc(C#N)cc(S(N)(=O)=O)c1Cl. The van der Waals surface area contributed by atoms with Crippen LogP contribution in [0, 0.1) is 11.3 Å². The fourth-order valence-corrected chi connectivity index (χ4v) is 2.49. The Balaban J connectivity index is 3.65. The Hall–Kier alpha value is -1.13. The summed E-state index contributed by atoms with van der Waals surface area (Å²) in [6.45, 7) is 1.63. The van der Waals surface area contributed by atoms with Gasteiger partial charge >= 0.3 is 0 Å². The molecule has 1 rings (SSSR count). The van der Waals surface area contributed by atoms with Gasteiger partial charge in [0.05, 0.1) is 16.7 Å². The fraction of sp³-hybridized carbons (Fsp3) is 0.222. The number of nitrogens with two attached hydrogens (primary N) is 2. The standard InChI is InChI=1S/C9H10ClN3O2S/c1-5(12)7-2-6(4-11)3-8(9(7)10)16(13,14)15/h2-3,5H,12H2,1H3,(H2,13,14,15). The Labute approximate surface area is 98.7 Å². The largest absolute Gasteiger partial charge is 0.324 e. The number of nitrogens with zero attached hydrogens (tertiary/aromatic N) is 1. The molecule has 1 aromatic rings. The van der Waals surface area contributed by atoms with Crippen molar-refractivity contribution in [3.8, 4) is 6.07 Å². The predicted molar refractivity (Wildman–Crippen MR) is 60.1 cm³/mol. The molecule has 5 nitrogen and oxygen atoms in total. The Kier molecular flexibility index (Phi) is 3.55. The Morgan fingerprint density at radius 1 is 1.50 bits per heavy atom. The van der Waals surface area contributed by atoms with Crippen LogP contribution in [-0.2, 0) is 10.0 Å². The minimum Gasteiger partial charge on any atom is -0.324 e. The quantitative estimate of drug-likeness (QED) is 0.821. The summed E-state index contributed by atoms with van der Waals surface area (Å²) in [7, 11) is -3.96. The molecule has 4 N–H and O–H groups in total. The molecular formula is C9H10ClN3O2S. The Morgan fingerprint density at radius 3 is 2.44 bits per heavy atom. The highest BCUT2D eigenvalue weighted by atomic mass is 35.5. The van der Waals surface area contributed by atoms with Gasteiger partial charge in [0.1, 0.15) is 4.90 Å². The van der Waals surface area contributed by atoms with Gasteiger partial charge in [-0.25, -0.2) is 13.6 Å². The van der Waals surface area contributed by atoms with Gasteiger partial charge in [0.2, 0.25) is 10.0 Å². The molecule has 0 amide bonds. The highest BCUT2D eigenvalue weighted by Gasteiger charge is 2.19. The molecule has 0 saturated heterocycles. The molecular weight excluding hydrogens is 250 g/mol. The van der Waals surface area contributed by atoms with Crippen molar-refractivity contribution in [3.63, 3.8) is 0 Å². The molecule has 0 aliphatic heterocycles. The molecule has 0 aliphatic rings. The van der Waals surface area contributed by atoms with E-state index in [2.05, 4.69) is 0 Å². The minimum absolute atomic E-state index is 0.0310. The molecule has 86 valence electrons. The maximum Gasteiger partial charge on any atom is 0.239 e. The Morgan fingerprint density at radius 2 is 2.06 bits per heavy atom. The summed E-state index contributed by atoms with van der Waals surface area (Å²) in [6, 6.07) is 3.92. The van der Waals surface area contributed by atoms with Gasteiger partial charge in [0.15, 0.2) is 0 Å². The predicted octanol–water partition coefficient (Wildman–Crippen LogP) is 0.879. The monoisotopic (exact) mass is 259 g/mol. The molecule has 0 aliphatic carbocycles. The van der Waals surface area contributed by atoms with Crippen molar-refractivity contribution in [1.29, 1.82) is 5.26 Å². The lowest BCUT2D eigenvalue weighted by atomic mass is 10.1. The first kappa shape index (κ1) is 12.9. The third-order valence-corrected chi connectivity index (χ3v) is 3.46. The van der Waals surface area contributed by atoms with Crippen molar-refractivity contribution in [3.05, 3.63) is 28.3 Å². The summed E-state index contributed by atoms with van der Waals surface area (Å²) >= 11 is 5.87. The van der Waals surface area contributed by atoms with Crippen molar-refractivity contribution in [2.45, 2.75) is 17.9 Å². The van der Waals surface area contributed by atoms with E-state index in [0.717, 1.165) is 6.07 Å². The first-order chi connectivity index (χ1) is 7.27. The van der Waals surface area contributed by atoms with Crippen LogP contribution in [0.2, 0.25) is 5.02 Å². The second-order valence-electron chi connectivity index (χ2n) is 3.32. The minimum atomic E-state index is -3.96. The molecule has 0 fully saturated rings. The van der Waals surface area contributed by atoms with Crippen molar-refractivity contribution < 1.29 is 8.42 Å². The van der Waals surface area contributed by atoms with E-state index in [9.17, 15) is 8.42 Å². The number of sulfonamides is 1. The van der Waals surface area contributed by atoms with E-state index in [1.165, 1.54) is 6.07 Å². The lowest BCUT2D eigenvalue weighted by molar-refractivity contribution is 0.597. The molecule has 0 heterocycles. The number of nitriles is 1. The van der Waals surface area contributed by atoms with Crippen molar-refractivity contribution in [1.82, 2.24) is 0 Å². The second-order valence-corrected chi connectivity index (χ2v) is 5.23. The molecule has 0 aromatic heterocycles. The van der Waals surface area contributed by atoms with Crippen molar-refractivity contribution in [2.24, 2.45) is 10.9 Å². The van der Waals surface area contributed by atoms with Gasteiger partial charge in [-0.05, 0) is 24.6 Å². The van der Waals surface area contributed by atoms with E-state index >= 15 is 0 Å². The van der Waals surface area contributed by atoms with Crippen molar-refractivity contribution >= 4 is 21.6 Å². The van der Waals surface area contributed by atoms with Crippen LogP contribution in [0.1, 0.15) is 24.1 Å². The average Bonchev–Trinajstić information content (AvgIpc) is 2.15. The van der Waals surface area contributed by atoms with Gasteiger partial charge in [0, 0.05) is 6.04 Å². The van der Waals surface area contributed by atoms with Crippen LogP contribution in [0.5, 0.6) is 0 Å². The average molecular weight is 260 g/mol. The van der Waals surface area contributed by atoms with Crippen molar-refractivity contribution in [2.75, 3.05) is 0 Å². The lowest BCUT2D eigenvalue weighted by Gasteiger charge is -2.11. The van der Waals surface area contributed by atoms with Crippen LogP contribution >= 0.6 is 11.6 Å². The topological polar surface area (TPSA) is 110 Å². The molecule has 7 heteroatoms. The highest BCUT2D eigenvalue weighted by molar-refractivity contribution is 7.89. The van der Waals surface area contributed by atoms with Gasteiger partial charge < -0.3 is 5.73 Å². The lowest BCUT2D eigenvalue weighted by Crippen LogP contribution is -2.15. The zero-order valence-corrected chi connectivity index (χ0v) is 10.0. The van der Waals surface area contributed by atoms with E-state index in [0.29, 0.717) is 5.56 Å². The molecule has 1 atom stereocenters. The number of benzene rings is 1. The zero-order chi connectivity index (χ0) is 12.5. The molecule has 0 radical (unpaired) electrons. The van der Waals surface area contributed by atoms with E-state index in [1.54, 1.807) is 6.92 Å². The molecule has 1 aromatic carbocycles. The van der Waals surface area contributed by atoms with Crippen LogP contribution < -0.4 is 10.9 Å². The molecule has 0 saturated carbocycles. The number of halogens is 1. The van der Waals surface area contributed by atoms with Crippen LogP contribution in [0.15, 0.2) is 17.0 Å². The molecule has 16 heavy (non-hydrogen) atoms. The third-order valence-electron chi connectivity index (χ3n) is 1.99. The van der Waals surface area contributed by atoms with Gasteiger partial charge in [0.25, 0.3) is 0 Å². The maximum atomic E-state index is 11.2. The van der Waals surface area contributed by atoms with E-state index < -0.39 is 16.1 Å². The number of primary sulfonamides is 1. The fourth-order valence-electron chi connectivity index (χ4n) is 1.22.